The number of hydrogen-bond acceptors (Lipinski definition) is 0. The summed E-state index contributed by atoms with van der Waals surface area (Å²) < 4.78 is 0. The highest BCUT2D eigenvalue weighted by Gasteiger charge is 2.36. The molecule has 23 heavy (non-hydrogen) atoms. The van der Waals surface area contributed by atoms with Crippen LogP contribution in [0.25, 0.3) is 0 Å². The first-order chi connectivity index (χ1) is 11.0. The maximum Gasteiger partial charge on any atom is 0.221 e. The van der Waals surface area contributed by atoms with Crippen LogP contribution in [0.3, 0.4) is 0 Å². The van der Waals surface area contributed by atoms with E-state index in [0.717, 1.165) is 0 Å². The van der Waals surface area contributed by atoms with Crippen LogP contribution in [0, 0.1) is 20.8 Å². The predicted molar refractivity (Wildman–Crippen MR) is 106 cm³/mol. The molecule has 0 atom stereocenters. The lowest BCUT2D eigenvalue weighted by Gasteiger charge is -2.27. The van der Waals surface area contributed by atoms with Crippen LogP contribution in [0.15, 0.2) is 72.8 Å². The van der Waals surface area contributed by atoms with Crippen LogP contribution >= 0.6 is 12.1 Å². The Hall–Kier alpha value is -1.77. The molecule has 0 aliphatic carbocycles. The van der Waals surface area contributed by atoms with E-state index in [1.54, 1.807) is 0 Å². The summed E-state index contributed by atoms with van der Waals surface area (Å²) in [5.41, 5.74) is 3.81. The molecule has 115 valence electrons. The summed E-state index contributed by atoms with van der Waals surface area (Å²) in [4.78, 5) is 0. The summed E-state index contributed by atoms with van der Waals surface area (Å²) in [5, 5.41) is 3.85. The Morgan fingerprint density at radius 2 is 0.696 bits per heavy atom. The highest BCUT2D eigenvalue weighted by molar-refractivity contribution is 8.19. The molecule has 0 heterocycles. The average Bonchev–Trinajstić information content (AvgIpc) is 2.56. The van der Waals surface area contributed by atoms with Gasteiger partial charge < -0.3 is 0 Å². The molecule has 0 nitrogen and oxygen atoms in total. The summed E-state index contributed by atoms with van der Waals surface area (Å²) in [6.07, 6.45) is 0. The van der Waals surface area contributed by atoms with E-state index in [4.69, 9.17) is 12.1 Å². The zero-order valence-electron chi connectivity index (χ0n) is 13.8. The Bertz CT molecular complexity index is 676. The molecule has 0 spiro atoms. The van der Waals surface area contributed by atoms with Gasteiger partial charge in [0.25, 0.3) is 0 Å². The predicted octanol–water partition coefficient (Wildman–Crippen LogP) is 3.78. The Morgan fingerprint density at radius 3 is 0.913 bits per heavy atom. The zero-order valence-corrected chi connectivity index (χ0v) is 15.7. The van der Waals surface area contributed by atoms with Crippen LogP contribution in [-0.4, -0.2) is 7.22 Å². The smallest absolute Gasteiger partial charge is 0.109 e. The van der Waals surface area contributed by atoms with E-state index in [9.17, 15) is 0 Å². The minimum atomic E-state index is -2.36. The maximum absolute atomic E-state index is 6.37. The minimum Gasteiger partial charge on any atom is -0.109 e. The van der Waals surface area contributed by atoms with Crippen molar-refractivity contribution in [3.8, 4) is 0 Å². The van der Waals surface area contributed by atoms with E-state index in [0.29, 0.717) is 0 Å². The van der Waals surface area contributed by atoms with Crippen LogP contribution in [0.1, 0.15) is 16.7 Å². The van der Waals surface area contributed by atoms with Gasteiger partial charge in [0.05, 0.1) is 0 Å². The number of benzene rings is 3. The fourth-order valence-electron chi connectivity index (χ4n) is 2.86. The second kappa shape index (κ2) is 6.38. The first-order valence-corrected chi connectivity index (χ1v) is 11.1. The van der Waals surface area contributed by atoms with Crippen LogP contribution < -0.4 is 15.6 Å². The minimum absolute atomic E-state index is 1.27. The maximum atomic E-state index is 6.37. The van der Waals surface area contributed by atoms with E-state index in [1.165, 1.54) is 32.3 Å². The van der Waals surface area contributed by atoms with Crippen molar-refractivity contribution in [3.05, 3.63) is 89.5 Å². The van der Waals surface area contributed by atoms with Gasteiger partial charge in [-0.15, -0.1) is 12.1 Å². The summed E-state index contributed by atoms with van der Waals surface area (Å²) in [5.74, 6) is 0. The standard InChI is InChI=1S/C21H21SSi/c1-16-4-10-19(11-5-16)23(22,20-12-6-17(2)7-13-20)21-14-8-18(3)9-15-21/h4-15H,1-3H3. The molecule has 0 aliphatic rings. The lowest BCUT2D eigenvalue weighted by Crippen LogP contribution is -2.63. The molecule has 3 rings (SSSR count). The van der Waals surface area contributed by atoms with Crippen molar-refractivity contribution in [2.24, 2.45) is 0 Å². The summed E-state index contributed by atoms with van der Waals surface area (Å²) in [7, 11) is -2.36. The Labute approximate surface area is 145 Å². The monoisotopic (exact) mass is 333 g/mol. The van der Waals surface area contributed by atoms with E-state index in [2.05, 4.69) is 93.6 Å². The molecular formula is C21H21SSi. The zero-order chi connectivity index (χ0) is 16.4. The van der Waals surface area contributed by atoms with Gasteiger partial charge in [-0.2, -0.15) is 0 Å². The first-order valence-electron chi connectivity index (χ1n) is 7.92. The summed E-state index contributed by atoms with van der Waals surface area (Å²) >= 11 is 6.37. The van der Waals surface area contributed by atoms with Crippen molar-refractivity contribution in [3.63, 3.8) is 0 Å². The average molecular weight is 334 g/mol. The van der Waals surface area contributed by atoms with Crippen molar-refractivity contribution >= 4 is 34.9 Å². The molecule has 3 aromatic rings. The van der Waals surface area contributed by atoms with Crippen LogP contribution in [0.2, 0.25) is 0 Å². The lowest BCUT2D eigenvalue weighted by atomic mass is 10.2. The highest BCUT2D eigenvalue weighted by atomic mass is 32.3. The van der Waals surface area contributed by atoms with Gasteiger partial charge in [-0.05, 0) is 36.3 Å². The lowest BCUT2D eigenvalue weighted by molar-refractivity contribution is 1.47. The molecule has 0 bridgehead atoms. The third kappa shape index (κ3) is 3.14. The van der Waals surface area contributed by atoms with Gasteiger partial charge in [-0.25, -0.2) is 0 Å². The third-order valence-electron chi connectivity index (χ3n) is 4.37. The second-order valence-corrected chi connectivity index (χ2v) is 11.2. The normalized spacial score (nSPS) is 11.5. The van der Waals surface area contributed by atoms with E-state index in [1.807, 2.05) is 0 Å². The number of aryl methyl sites for hydroxylation is 3. The van der Waals surface area contributed by atoms with Crippen molar-refractivity contribution in [2.45, 2.75) is 20.8 Å². The van der Waals surface area contributed by atoms with Gasteiger partial charge >= 0.3 is 0 Å². The van der Waals surface area contributed by atoms with Gasteiger partial charge in [-0.1, -0.05) is 89.5 Å². The van der Waals surface area contributed by atoms with Gasteiger partial charge in [0.1, 0.15) is 0 Å². The van der Waals surface area contributed by atoms with E-state index in [-0.39, 0.29) is 0 Å². The van der Waals surface area contributed by atoms with Gasteiger partial charge in [0.15, 0.2) is 0 Å². The Balaban J connectivity index is 2.21. The first kappa shape index (κ1) is 16.1. The number of hydrogen-bond donors (Lipinski definition) is 0. The molecule has 2 heteroatoms. The molecular weight excluding hydrogens is 312 g/mol. The van der Waals surface area contributed by atoms with E-state index >= 15 is 0 Å². The largest absolute Gasteiger partial charge is 0.221 e. The van der Waals surface area contributed by atoms with Crippen molar-refractivity contribution < 1.29 is 0 Å². The highest BCUT2D eigenvalue weighted by Crippen LogP contribution is 2.13. The third-order valence-corrected chi connectivity index (χ3v) is 9.93. The topological polar surface area (TPSA) is 0 Å². The fourth-order valence-corrected chi connectivity index (χ4v) is 7.00. The molecule has 0 N–H and O–H groups in total. The molecule has 0 saturated carbocycles. The summed E-state index contributed by atoms with van der Waals surface area (Å²) in [6, 6.07) is 26.3. The molecule has 0 saturated heterocycles. The van der Waals surface area contributed by atoms with Crippen molar-refractivity contribution in [1.82, 2.24) is 0 Å². The van der Waals surface area contributed by atoms with Crippen LogP contribution in [0.4, 0.5) is 0 Å². The summed E-state index contributed by atoms with van der Waals surface area (Å²) in [6.45, 7) is 6.36. The molecule has 0 aromatic heterocycles. The fraction of sp³-hybridized carbons (Fsp3) is 0.143. The van der Waals surface area contributed by atoms with Crippen LogP contribution in [-0.2, 0) is 0 Å². The molecule has 0 amide bonds. The Morgan fingerprint density at radius 1 is 0.478 bits per heavy atom. The molecule has 0 unspecified atom stereocenters. The van der Waals surface area contributed by atoms with Crippen molar-refractivity contribution in [1.29, 1.82) is 0 Å². The van der Waals surface area contributed by atoms with Crippen molar-refractivity contribution in [2.75, 3.05) is 0 Å². The van der Waals surface area contributed by atoms with Gasteiger partial charge in [0, 0.05) is 0 Å². The SMILES string of the molecule is Cc1ccc([Si]([S])(c2ccc(C)cc2)c2ccc(C)cc2)cc1. The molecule has 1 radical (unpaired) electrons. The van der Waals surface area contributed by atoms with Crippen LogP contribution in [0.5, 0.6) is 0 Å². The molecule has 0 fully saturated rings. The quantitative estimate of drug-likeness (QED) is 0.505. The van der Waals surface area contributed by atoms with Gasteiger partial charge in [-0.3, -0.25) is 0 Å². The second-order valence-electron chi connectivity index (χ2n) is 6.28. The van der Waals surface area contributed by atoms with E-state index < -0.39 is 7.22 Å². The molecule has 0 aliphatic heterocycles. The van der Waals surface area contributed by atoms with Gasteiger partial charge in [0.2, 0.25) is 7.22 Å². The Kier molecular flexibility index (Phi) is 4.47. The number of rotatable bonds is 3. The molecule has 3 aromatic carbocycles.